The SMILES string of the molecule is O=c1[nH]c2ccc(Nc3ncnc4[nH]c5c(c34)CCCC5)cc2[nH]c1=O. The van der Waals surface area contributed by atoms with Crippen molar-refractivity contribution < 1.29 is 0 Å². The first kappa shape index (κ1) is 14.9. The number of benzene rings is 1. The second-order valence-electron chi connectivity index (χ2n) is 6.53. The summed E-state index contributed by atoms with van der Waals surface area (Å²) in [6, 6.07) is 5.36. The number of rotatable bonds is 2. The molecule has 0 bridgehead atoms. The lowest BCUT2D eigenvalue weighted by atomic mass is 9.96. The monoisotopic (exact) mass is 348 g/mol. The summed E-state index contributed by atoms with van der Waals surface area (Å²) in [5, 5.41) is 4.35. The van der Waals surface area contributed by atoms with E-state index in [2.05, 4.69) is 30.2 Å². The number of aryl methyl sites for hydroxylation is 2. The zero-order valence-electron chi connectivity index (χ0n) is 13.8. The number of aromatic amines is 3. The highest BCUT2D eigenvalue weighted by Gasteiger charge is 2.19. The predicted octanol–water partition coefficient (Wildman–Crippen LogP) is 2.11. The van der Waals surface area contributed by atoms with Gasteiger partial charge in [0.2, 0.25) is 0 Å². The van der Waals surface area contributed by atoms with Gasteiger partial charge < -0.3 is 20.3 Å². The highest BCUT2D eigenvalue weighted by molar-refractivity contribution is 5.94. The molecule has 8 heteroatoms. The molecule has 1 aliphatic carbocycles. The molecule has 26 heavy (non-hydrogen) atoms. The topological polar surface area (TPSA) is 119 Å². The fourth-order valence-corrected chi connectivity index (χ4v) is 3.65. The Balaban J connectivity index is 1.62. The van der Waals surface area contributed by atoms with Gasteiger partial charge >= 0.3 is 11.1 Å². The molecular formula is C18H16N6O2. The van der Waals surface area contributed by atoms with Crippen LogP contribution in [0.1, 0.15) is 24.1 Å². The first-order chi connectivity index (χ1) is 12.7. The molecule has 4 aromatic rings. The highest BCUT2D eigenvalue weighted by Crippen LogP contribution is 2.33. The Bertz CT molecular complexity index is 1270. The lowest BCUT2D eigenvalue weighted by molar-refractivity contribution is 0.680. The Hall–Kier alpha value is -3.42. The molecule has 0 amide bonds. The van der Waals surface area contributed by atoms with Crippen LogP contribution in [0.3, 0.4) is 0 Å². The molecule has 4 N–H and O–H groups in total. The third kappa shape index (κ3) is 2.30. The zero-order chi connectivity index (χ0) is 17.7. The van der Waals surface area contributed by atoms with Gasteiger partial charge in [-0.2, -0.15) is 0 Å². The van der Waals surface area contributed by atoms with Crippen molar-refractivity contribution in [3.05, 3.63) is 56.5 Å². The minimum atomic E-state index is -0.668. The van der Waals surface area contributed by atoms with Crippen LogP contribution in [0.5, 0.6) is 0 Å². The number of nitrogens with zero attached hydrogens (tertiary/aromatic N) is 2. The first-order valence-corrected chi connectivity index (χ1v) is 8.57. The quantitative estimate of drug-likeness (QED) is 0.414. The van der Waals surface area contributed by atoms with Gasteiger partial charge in [-0.3, -0.25) is 9.59 Å². The van der Waals surface area contributed by atoms with Gasteiger partial charge in [0.05, 0.1) is 16.4 Å². The van der Waals surface area contributed by atoms with Gasteiger partial charge in [0.25, 0.3) is 0 Å². The third-order valence-corrected chi connectivity index (χ3v) is 4.87. The van der Waals surface area contributed by atoms with E-state index in [0.717, 1.165) is 35.4 Å². The molecule has 130 valence electrons. The number of aromatic nitrogens is 5. The average Bonchev–Trinajstić information content (AvgIpc) is 3.02. The molecule has 0 saturated heterocycles. The third-order valence-electron chi connectivity index (χ3n) is 4.87. The van der Waals surface area contributed by atoms with E-state index in [1.54, 1.807) is 12.1 Å². The molecule has 0 saturated carbocycles. The van der Waals surface area contributed by atoms with Crippen LogP contribution >= 0.6 is 0 Å². The van der Waals surface area contributed by atoms with Gasteiger partial charge in [-0.25, -0.2) is 9.97 Å². The van der Waals surface area contributed by atoms with Crippen molar-refractivity contribution in [2.75, 3.05) is 5.32 Å². The molecule has 1 aliphatic rings. The lowest BCUT2D eigenvalue weighted by Crippen LogP contribution is -2.28. The minimum absolute atomic E-state index is 0.556. The summed E-state index contributed by atoms with van der Waals surface area (Å²) >= 11 is 0. The van der Waals surface area contributed by atoms with Crippen molar-refractivity contribution >= 4 is 33.6 Å². The highest BCUT2D eigenvalue weighted by atomic mass is 16.2. The summed E-state index contributed by atoms with van der Waals surface area (Å²) in [4.78, 5) is 40.3. The van der Waals surface area contributed by atoms with Gasteiger partial charge in [-0.1, -0.05) is 0 Å². The molecule has 3 heterocycles. The molecule has 0 atom stereocenters. The minimum Gasteiger partial charge on any atom is -0.343 e. The van der Waals surface area contributed by atoms with E-state index in [-0.39, 0.29) is 0 Å². The van der Waals surface area contributed by atoms with Crippen molar-refractivity contribution in [3.63, 3.8) is 0 Å². The van der Waals surface area contributed by atoms with Gasteiger partial charge in [0.1, 0.15) is 17.8 Å². The Kier molecular flexibility index (Phi) is 3.18. The smallest absolute Gasteiger partial charge is 0.314 e. The Morgan fingerprint density at radius 3 is 2.62 bits per heavy atom. The molecule has 5 rings (SSSR count). The van der Waals surface area contributed by atoms with Crippen molar-refractivity contribution in [3.8, 4) is 0 Å². The number of fused-ring (bicyclic) bond motifs is 4. The summed E-state index contributed by atoms with van der Waals surface area (Å²) in [5.74, 6) is 0.737. The molecule has 0 radical (unpaired) electrons. The fourth-order valence-electron chi connectivity index (χ4n) is 3.65. The van der Waals surface area contributed by atoms with E-state index in [1.165, 1.54) is 30.4 Å². The molecule has 1 aromatic carbocycles. The van der Waals surface area contributed by atoms with Gasteiger partial charge in [-0.15, -0.1) is 0 Å². The summed E-state index contributed by atoms with van der Waals surface area (Å²) in [6.07, 6.45) is 5.94. The summed E-state index contributed by atoms with van der Waals surface area (Å²) in [7, 11) is 0. The van der Waals surface area contributed by atoms with Crippen LogP contribution in [-0.2, 0) is 12.8 Å². The maximum atomic E-state index is 11.6. The molecular weight excluding hydrogens is 332 g/mol. The second-order valence-corrected chi connectivity index (χ2v) is 6.53. The van der Waals surface area contributed by atoms with Crippen LogP contribution in [-0.4, -0.2) is 24.9 Å². The normalized spacial score (nSPS) is 13.8. The van der Waals surface area contributed by atoms with E-state index in [4.69, 9.17) is 0 Å². The second kappa shape index (κ2) is 5.55. The summed E-state index contributed by atoms with van der Waals surface area (Å²) < 4.78 is 0. The summed E-state index contributed by atoms with van der Waals surface area (Å²) in [5.41, 5.74) is 3.95. The number of hydrogen-bond donors (Lipinski definition) is 4. The summed E-state index contributed by atoms with van der Waals surface area (Å²) in [6.45, 7) is 0. The fraction of sp³-hybridized carbons (Fsp3) is 0.222. The molecule has 0 fully saturated rings. The maximum absolute atomic E-state index is 11.6. The first-order valence-electron chi connectivity index (χ1n) is 8.57. The van der Waals surface area contributed by atoms with Crippen molar-refractivity contribution in [2.24, 2.45) is 0 Å². The van der Waals surface area contributed by atoms with Crippen LogP contribution in [0, 0.1) is 0 Å². The van der Waals surface area contributed by atoms with Gasteiger partial charge in [-0.05, 0) is 49.4 Å². The van der Waals surface area contributed by atoms with E-state index >= 15 is 0 Å². The zero-order valence-corrected chi connectivity index (χ0v) is 13.8. The number of hydrogen-bond acceptors (Lipinski definition) is 5. The Morgan fingerprint density at radius 1 is 0.923 bits per heavy atom. The van der Waals surface area contributed by atoms with Gasteiger partial charge in [0, 0.05) is 11.4 Å². The van der Waals surface area contributed by atoms with Crippen LogP contribution in [0.2, 0.25) is 0 Å². The maximum Gasteiger partial charge on any atom is 0.314 e. The molecule has 3 aromatic heterocycles. The molecule has 0 unspecified atom stereocenters. The Labute approximate surface area is 146 Å². The molecule has 0 aliphatic heterocycles. The molecule has 8 nitrogen and oxygen atoms in total. The molecule has 0 spiro atoms. The van der Waals surface area contributed by atoms with Gasteiger partial charge in [0.15, 0.2) is 0 Å². The van der Waals surface area contributed by atoms with E-state index in [9.17, 15) is 9.59 Å². The van der Waals surface area contributed by atoms with Crippen molar-refractivity contribution in [2.45, 2.75) is 25.7 Å². The number of H-pyrrole nitrogens is 3. The van der Waals surface area contributed by atoms with Crippen LogP contribution in [0.4, 0.5) is 11.5 Å². The van der Waals surface area contributed by atoms with Crippen LogP contribution in [0.15, 0.2) is 34.1 Å². The van der Waals surface area contributed by atoms with E-state index in [1.807, 2.05) is 6.07 Å². The van der Waals surface area contributed by atoms with Crippen LogP contribution in [0.25, 0.3) is 22.1 Å². The van der Waals surface area contributed by atoms with Crippen molar-refractivity contribution in [1.82, 2.24) is 24.9 Å². The average molecular weight is 348 g/mol. The van der Waals surface area contributed by atoms with E-state index < -0.39 is 11.1 Å². The largest absolute Gasteiger partial charge is 0.343 e. The number of anilines is 2. The number of nitrogens with one attached hydrogen (secondary N) is 4. The predicted molar refractivity (Wildman–Crippen MR) is 99.0 cm³/mol. The Morgan fingerprint density at radius 2 is 1.73 bits per heavy atom. The van der Waals surface area contributed by atoms with E-state index in [0.29, 0.717) is 11.0 Å². The standard InChI is InChI=1S/C18H16N6O2/c25-17-18(26)24-13-7-9(5-6-12(13)23-17)21-15-14-10-3-1-2-4-11(10)22-16(14)20-8-19-15/h5-8H,1-4H2,(H,23,25)(H,24,26)(H2,19,20,21,22). The lowest BCUT2D eigenvalue weighted by Gasteiger charge is -2.12. The van der Waals surface area contributed by atoms with Crippen molar-refractivity contribution in [1.29, 1.82) is 0 Å². The van der Waals surface area contributed by atoms with Crippen LogP contribution < -0.4 is 16.4 Å².